The van der Waals surface area contributed by atoms with Crippen molar-refractivity contribution < 1.29 is 18.7 Å². The van der Waals surface area contributed by atoms with Crippen LogP contribution in [0.2, 0.25) is 5.02 Å². The van der Waals surface area contributed by atoms with E-state index in [1.54, 1.807) is 35.2 Å². The molecule has 4 nitrogen and oxygen atoms in total. The third kappa shape index (κ3) is 5.03. The second kappa shape index (κ2) is 9.47. The number of thiocarbonyl (C=S) groups is 1. The first-order chi connectivity index (χ1) is 14.5. The number of halogens is 2. The average Bonchev–Trinajstić information content (AvgIpc) is 3.33. The fourth-order valence-corrected chi connectivity index (χ4v) is 4.78. The Hall–Kier alpha value is -1.93. The van der Waals surface area contributed by atoms with Crippen LogP contribution in [0.15, 0.2) is 47.4 Å². The van der Waals surface area contributed by atoms with Crippen molar-refractivity contribution in [3.05, 3.63) is 69.3 Å². The van der Waals surface area contributed by atoms with Crippen molar-refractivity contribution >= 4 is 51.9 Å². The van der Waals surface area contributed by atoms with Crippen molar-refractivity contribution in [3.8, 4) is 5.75 Å². The molecule has 0 N–H and O–H groups in total. The van der Waals surface area contributed by atoms with Crippen molar-refractivity contribution in [2.24, 2.45) is 0 Å². The molecule has 30 heavy (non-hydrogen) atoms. The van der Waals surface area contributed by atoms with Crippen LogP contribution in [0.25, 0.3) is 6.08 Å². The van der Waals surface area contributed by atoms with Gasteiger partial charge in [-0.05, 0) is 54.3 Å². The normalized spacial score (nSPS) is 20.4. The van der Waals surface area contributed by atoms with E-state index in [0.29, 0.717) is 26.5 Å². The summed E-state index contributed by atoms with van der Waals surface area (Å²) in [6.07, 6.45) is 3.80. The predicted octanol–water partition coefficient (Wildman–Crippen LogP) is 5.44. The van der Waals surface area contributed by atoms with Crippen LogP contribution in [-0.4, -0.2) is 34.4 Å². The Morgan fingerprint density at radius 2 is 2.10 bits per heavy atom. The monoisotopic (exact) mass is 463 g/mol. The number of amides is 1. The Kier molecular flexibility index (Phi) is 6.73. The summed E-state index contributed by atoms with van der Waals surface area (Å²) in [7, 11) is 0. The number of thioether (sulfide) groups is 1. The van der Waals surface area contributed by atoms with Crippen LogP contribution in [0.4, 0.5) is 4.39 Å². The van der Waals surface area contributed by atoms with Crippen molar-refractivity contribution in [1.82, 2.24) is 4.90 Å². The largest absolute Gasteiger partial charge is 0.487 e. The van der Waals surface area contributed by atoms with Gasteiger partial charge in [-0.15, -0.1) is 0 Å². The van der Waals surface area contributed by atoms with Crippen LogP contribution >= 0.6 is 35.6 Å². The summed E-state index contributed by atoms with van der Waals surface area (Å²) in [6, 6.07) is 11.4. The second-order valence-corrected chi connectivity index (χ2v) is 9.12. The van der Waals surface area contributed by atoms with Gasteiger partial charge in [0.15, 0.2) is 0 Å². The van der Waals surface area contributed by atoms with E-state index in [9.17, 15) is 9.18 Å². The van der Waals surface area contributed by atoms with Gasteiger partial charge in [0.05, 0.1) is 22.6 Å². The molecule has 0 radical (unpaired) electrons. The molecular formula is C22H19ClFNO3S2. The Morgan fingerprint density at radius 3 is 2.80 bits per heavy atom. The molecule has 2 aliphatic rings. The van der Waals surface area contributed by atoms with E-state index >= 15 is 0 Å². The average molecular weight is 464 g/mol. The molecule has 0 unspecified atom stereocenters. The predicted molar refractivity (Wildman–Crippen MR) is 121 cm³/mol. The molecule has 8 heteroatoms. The topological polar surface area (TPSA) is 38.8 Å². The molecule has 0 saturated carbocycles. The molecule has 2 fully saturated rings. The Bertz CT molecular complexity index is 990. The van der Waals surface area contributed by atoms with Gasteiger partial charge in [0, 0.05) is 6.61 Å². The highest BCUT2D eigenvalue weighted by Crippen LogP contribution is 2.35. The lowest BCUT2D eigenvalue weighted by atomic mass is 10.2. The van der Waals surface area contributed by atoms with E-state index < -0.39 is 0 Å². The zero-order chi connectivity index (χ0) is 21.1. The highest BCUT2D eigenvalue weighted by Gasteiger charge is 2.34. The molecule has 2 aromatic rings. The van der Waals surface area contributed by atoms with E-state index in [-0.39, 0.29) is 24.4 Å². The minimum absolute atomic E-state index is 0.0545. The first-order valence-corrected chi connectivity index (χ1v) is 11.1. The van der Waals surface area contributed by atoms with Crippen LogP contribution in [0.1, 0.15) is 24.0 Å². The van der Waals surface area contributed by atoms with Gasteiger partial charge in [-0.2, -0.15) is 0 Å². The van der Waals surface area contributed by atoms with Crippen LogP contribution in [0, 0.1) is 5.82 Å². The molecule has 2 aromatic carbocycles. The summed E-state index contributed by atoms with van der Waals surface area (Å²) in [5, 5.41) is 0.431. The van der Waals surface area contributed by atoms with Crippen LogP contribution in [0.3, 0.4) is 0 Å². The standard InChI is InChI=1S/C22H19ClFNO3S2/c23-18-10-15(5-8-19(18)28-13-14-3-6-16(24)7-4-14)11-20-21(26)25(22(29)30-20)12-17-2-1-9-27-17/h3-8,10-11,17H,1-2,9,12-13H2/b20-11-/t17-/m1/s1. The lowest BCUT2D eigenvalue weighted by Gasteiger charge is -2.18. The van der Waals surface area contributed by atoms with Gasteiger partial charge in [0.25, 0.3) is 5.91 Å². The smallest absolute Gasteiger partial charge is 0.266 e. The maximum Gasteiger partial charge on any atom is 0.266 e. The van der Waals surface area contributed by atoms with E-state index in [2.05, 4.69) is 0 Å². The SMILES string of the molecule is O=C1/C(=C/c2ccc(OCc3ccc(F)cc3)c(Cl)c2)SC(=S)N1C[C@H]1CCCO1. The van der Waals surface area contributed by atoms with Gasteiger partial charge in [0.1, 0.15) is 22.5 Å². The Morgan fingerprint density at radius 1 is 1.30 bits per heavy atom. The summed E-state index contributed by atoms with van der Waals surface area (Å²) < 4.78 is 24.9. The number of carbonyl (C=O) groups excluding carboxylic acids is 1. The number of rotatable bonds is 6. The second-order valence-electron chi connectivity index (χ2n) is 7.03. The van der Waals surface area contributed by atoms with E-state index in [4.69, 9.17) is 33.3 Å². The van der Waals surface area contributed by atoms with Crippen molar-refractivity contribution in [2.45, 2.75) is 25.6 Å². The summed E-state index contributed by atoms with van der Waals surface area (Å²) in [5.74, 6) is 0.125. The maximum atomic E-state index is 13.0. The number of nitrogens with zero attached hydrogens (tertiary/aromatic N) is 1. The molecule has 1 atom stereocenters. The molecule has 4 rings (SSSR count). The third-order valence-corrected chi connectivity index (χ3v) is 6.52. The van der Waals surface area contributed by atoms with E-state index in [0.717, 1.165) is 30.6 Å². The number of benzene rings is 2. The molecular weight excluding hydrogens is 445 g/mol. The zero-order valence-electron chi connectivity index (χ0n) is 16.0. The molecule has 0 spiro atoms. The highest BCUT2D eigenvalue weighted by molar-refractivity contribution is 8.26. The highest BCUT2D eigenvalue weighted by atomic mass is 35.5. The van der Waals surface area contributed by atoms with Gasteiger partial charge < -0.3 is 9.47 Å². The number of ether oxygens (including phenoxy) is 2. The molecule has 0 bridgehead atoms. The van der Waals surface area contributed by atoms with Gasteiger partial charge in [-0.1, -0.05) is 53.8 Å². The van der Waals surface area contributed by atoms with Crippen molar-refractivity contribution in [3.63, 3.8) is 0 Å². The van der Waals surface area contributed by atoms with E-state index in [1.165, 1.54) is 23.9 Å². The molecule has 2 aliphatic heterocycles. The number of carbonyl (C=O) groups is 1. The molecule has 1 amide bonds. The minimum Gasteiger partial charge on any atom is -0.487 e. The van der Waals surface area contributed by atoms with Gasteiger partial charge in [-0.3, -0.25) is 9.69 Å². The zero-order valence-corrected chi connectivity index (χ0v) is 18.4. The molecule has 0 aromatic heterocycles. The van der Waals surface area contributed by atoms with E-state index in [1.807, 2.05) is 6.07 Å². The number of hydrogen-bond acceptors (Lipinski definition) is 5. The Labute approximate surface area is 189 Å². The van der Waals surface area contributed by atoms with Crippen molar-refractivity contribution in [1.29, 1.82) is 0 Å². The summed E-state index contributed by atoms with van der Waals surface area (Å²) >= 11 is 13.0. The maximum absolute atomic E-state index is 13.0. The van der Waals surface area contributed by atoms with Gasteiger partial charge in [0.2, 0.25) is 0 Å². The fraction of sp³-hybridized carbons (Fsp3) is 0.273. The third-order valence-electron chi connectivity index (χ3n) is 4.85. The molecule has 2 saturated heterocycles. The first-order valence-electron chi connectivity index (χ1n) is 9.53. The fourth-order valence-electron chi connectivity index (χ4n) is 3.27. The minimum atomic E-state index is -0.290. The molecule has 0 aliphatic carbocycles. The lowest BCUT2D eigenvalue weighted by Crippen LogP contribution is -2.35. The summed E-state index contributed by atoms with van der Waals surface area (Å²) in [6.45, 7) is 1.52. The van der Waals surface area contributed by atoms with Crippen LogP contribution < -0.4 is 4.74 Å². The van der Waals surface area contributed by atoms with Crippen molar-refractivity contribution in [2.75, 3.05) is 13.2 Å². The first kappa shape index (κ1) is 21.3. The molecule has 2 heterocycles. The van der Waals surface area contributed by atoms with Crippen LogP contribution in [0.5, 0.6) is 5.75 Å². The van der Waals surface area contributed by atoms with Gasteiger partial charge in [-0.25, -0.2) is 4.39 Å². The lowest BCUT2D eigenvalue weighted by molar-refractivity contribution is -0.123. The summed E-state index contributed by atoms with van der Waals surface area (Å²) in [4.78, 5) is 14.9. The molecule has 156 valence electrons. The van der Waals surface area contributed by atoms with Crippen LogP contribution in [-0.2, 0) is 16.1 Å². The Balaban J connectivity index is 1.42. The quantitative estimate of drug-likeness (QED) is 0.421. The van der Waals surface area contributed by atoms with Gasteiger partial charge >= 0.3 is 0 Å². The summed E-state index contributed by atoms with van der Waals surface area (Å²) in [5.41, 5.74) is 1.62. The number of hydrogen-bond donors (Lipinski definition) is 0.